The minimum Gasteiger partial charge on any atom is -0.457 e. The first-order valence-corrected chi connectivity index (χ1v) is 11.3. The van der Waals surface area contributed by atoms with Gasteiger partial charge in [0.15, 0.2) is 0 Å². The quantitative estimate of drug-likeness (QED) is 0.602. The molecular formula is C27H26N2O4. The van der Waals surface area contributed by atoms with Crippen LogP contribution in [0.15, 0.2) is 84.9 Å². The summed E-state index contributed by atoms with van der Waals surface area (Å²) >= 11 is 0. The summed E-state index contributed by atoms with van der Waals surface area (Å²) < 4.78 is 11.8. The van der Waals surface area contributed by atoms with E-state index in [9.17, 15) is 9.59 Å². The summed E-state index contributed by atoms with van der Waals surface area (Å²) in [6.07, 6.45) is 0.497. The molecular weight excluding hydrogens is 416 g/mol. The Morgan fingerprint density at radius 2 is 1.52 bits per heavy atom. The molecule has 0 radical (unpaired) electrons. The van der Waals surface area contributed by atoms with Crippen LogP contribution in [0.2, 0.25) is 0 Å². The van der Waals surface area contributed by atoms with Crippen LogP contribution in [0, 0.1) is 5.92 Å². The van der Waals surface area contributed by atoms with Crippen LogP contribution in [-0.2, 0) is 9.53 Å². The molecule has 168 valence electrons. The first-order valence-electron chi connectivity index (χ1n) is 11.3. The van der Waals surface area contributed by atoms with Crippen LogP contribution in [0.1, 0.15) is 16.8 Å². The number of carbonyl (C=O) groups is 2. The number of amides is 2. The molecule has 2 fully saturated rings. The maximum absolute atomic E-state index is 13.4. The smallest absolute Gasteiger partial charge is 0.253 e. The fraction of sp³-hybridized carbons (Fsp3) is 0.259. The van der Waals surface area contributed by atoms with Crippen LogP contribution in [0.3, 0.4) is 0 Å². The molecule has 2 amide bonds. The molecule has 2 aliphatic rings. The van der Waals surface area contributed by atoms with E-state index in [2.05, 4.69) is 0 Å². The standard InChI is InChI=1S/C27H26N2O4/c30-26(20-11-13-23(14-12-20)33-22-9-5-2-6-10-22)28-16-15-25-24(19-28)27(31)29(17-18-32-25)21-7-3-1-4-8-21/h1-14,24-25H,15-19H2. The van der Waals surface area contributed by atoms with Crippen molar-refractivity contribution in [3.05, 3.63) is 90.5 Å². The molecule has 0 spiro atoms. The Morgan fingerprint density at radius 1 is 0.848 bits per heavy atom. The number of rotatable bonds is 4. The summed E-state index contributed by atoms with van der Waals surface area (Å²) in [6.45, 7) is 1.94. The Kier molecular flexibility index (Phi) is 6.09. The number of nitrogens with zero attached hydrogens (tertiary/aromatic N) is 2. The lowest BCUT2D eigenvalue weighted by atomic mass is 9.92. The van der Waals surface area contributed by atoms with E-state index in [1.165, 1.54) is 0 Å². The fourth-order valence-electron chi connectivity index (χ4n) is 4.49. The lowest BCUT2D eigenvalue weighted by Crippen LogP contribution is -2.51. The second-order valence-electron chi connectivity index (χ2n) is 8.32. The zero-order chi connectivity index (χ0) is 22.6. The van der Waals surface area contributed by atoms with Crippen molar-refractivity contribution < 1.29 is 19.1 Å². The Bertz CT molecular complexity index is 1100. The van der Waals surface area contributed by atoms with Crippen molar-refractivity contribution in [2.75, 3.05) is 31.1 Å². The lowest BCUT2D eigenvalue weighted by molar-refractivity contribution is -0.127. The number of fused-ring (bicyclic) bond motifs is 1. The van der Waals surface area contributed by atoms with Gasteiger partial charge < -0.3 is 19.3 Å². The number of piperidine rings is 1. The average molecular weight is 443 g/mol. The van der Waals surface area contributed by atoms with Gasteiger partial charge in [-0.3, -0.25) is 9.59 Å². The van der Waals surface area contributed by atoms with Gasteiger partial charge >= 0.3 is 0 Å². The van der Waals surface area contributed by atoms with Crippen LogP contribution in [-0.4, -0.2) is 49.1 Å². The first kappa shape index (κ1) is 21.2. The Morgan fingerprint density at radius 3 is 2.24 bits per heavy atom. The van der Waals surface area contributed by atoms with E-state index in [-0.39, 0.29) is 23.8 Å². The SMILES string of the molecule is O=C(c1ccc(Oc2ccccc2)cc1)N1CCC2OCCN(c3ccccc3)C(=O)C2C1. The van der Waals surface area contributed by atoms with Gasteiger partial charge in [0.1, 0.15) is 11.5 Å². The third-order valence-corrected chi connectivity index (χ3v) is 6.21. The van der Waals surface area contributed by atoms with Crippen LogP contribution >= 0.6 is 0 Å². The van der Waals surface area contributed by atoms with Crippen molar-refractivity contribution in [1.82, 2.24) is 4.90 Å². The molecule has 0 aliphatic carbocycles. The molecule has 6 heteroatoms. The van der Waals surface area contributed by atoms with E-state index < -0.39 is 0 Å². The molecule has 2 atom stereocenters. The van der Waals surface area contributed by atoms with Crippen molar-refractivity contribution in [2.45, 2.75) is 12.5 Å². The molecule has 0 bridgehead atoms. The molecule has 0 N–H and O–H groups in total. The largest absolute Gasteiger partial charge is 0.457 e. The van der Waals surface area contributed by atoms with Gasteiger partial charge in [0.05, 0.1) is 18.6 Å². The van der Waals surface area contributed by atoms with Crippen molar-refractivity contribution in [3.63, 3.8) is 0 Å². The maximum Gasteiger partial charge on any atom is 0.253 e. The predicted molar refractivity (Wildman–Crippen MR) is 126 cm³/mol. The van der Waals surface area contributed by atoms with E-state index in [0.717, 1.165) is 11.4 Å². The zero-order valence-corrected chi connectivity index (χ0v) is 18.3. The van der Waals surface area contributed by atoms with Gasteiger partial charge in [0.25, 0.3) is 5.91 Å². The highest BCUT2D eigenvalue weighted by atomic mass is 16.5. The number of hydrogen-bond acceptors (Lipinski definition) is 4. The third-order valence-electron chi connectivity index (χ3n) is 6.21. The normalized spacial score (nSPS) is 20.7. The van der Waals surface area contributed by atoms with E-state index in [1.54, 1.807) is 34.1 Å². The van der Waals surface area contributed by atoms with Crippen molar-refractivity contribution in [2.24, 2.45) is 5.92 Å². The summed E-state index contributed by atoms with van der Waals surface area (Å²) in [7, 11) is 0. The van der Waals surface area contributed by atoms with Gasteiger partial charge in [-0.05, 0) is 55.0 Å². The maximum atomic E-state index is 13.4. The number of likely N-dealkylation sites (tertiary alicyclic amines) is 1. The molecule has 5 rings (SSSR count). The second-order valence-corrected chi connectivity index (χ2v) is 8.32. The highest BCUT2D eigenvalue weighted by Crippen LogP contribution is 2.29. The molecule has 2 saturated heterocycles. The fourth-order valence-corrected chi connectivity index (χ4v) is 4.49. The van der Waals surface area contributed by atoms with Crippen molar-refractivity contribution in [3.8, 4) is 11.5 Å². The number of benzene rings is 3. The van der Waals surface area contributed by atoms with E-state index in [0.29, 0.717) is 44.0 Å². The topological polar surface area (TPSA) is 59.1 Å². The van der Waals surface area contributed by atoms with Gasteiger partial charge in [-0.1, -0.05) is 36.4 Å². The molecule has 3 aromatic rings. The van der Waals surface area contributed by atoms with Crippen LogP contribution in [0.4, 0.5) is 5.69 Å². The van der Waals surface area contributed by atoms with E-state index in [4.69, 9.17) is 9.47 Å². The zero-order valence-electron chi connectivity index (χ0n) is 18.3. The Labute approximate surface area is 193 Å². The Hall–Kier alpha value is -3.64. The number of carbonyl (C=O) groups excluding carboxylic acids is 2. The number of ether oxygens (including phenoxy) is 2. The lowest BCUT2D eigenvalue weighted by Gasteiger charge is -2.37. The third kappa shape index (κ3) is 4.61. The predicted octanol–water partition coefficient (Wildman–Crippen LogP) is 4.37. The second kappa shape index (κ2) is 9.46. The minimum absolute atomic E-state index is 0.0211. The van der Waals surface area contributed by atoms with Gasteiger partial charge in [-0.2, -0.15) is 0 Å². The van der Waals surface area contributed by atoms with E-state index >= 15 is 0 Å². The Balaban J connectivity index is 1.28. The number of anilines is 1. The molecule has 0 saturated carbocycles. The van der Waals surface area contributed by atoms with Crippen molar-refractivity contribution >= 4 is 17.5 Å². The molecule has 2 unspecified atom stereocenters. The average Bonchev–Trinajstić information content (AvgIpc) is 3.03. The molecule has 2 heterocycles. The van der Waals surface area contributed by atoms with Crippen LogP contribution in [0.5, 0.6) is 11.5 Å². The van der Waals surface area contributed by atoms with E-state index in [1.807, 2.05) is 60.7 Å². The first-order chi connectivity index (χ1) is 16.2. The summed E-state index contributed by atoms with van der Waals surface area (Å²) in [5, 5.41) is 0. The van der Waals surface area contributed by atoms with Gasteiger partial charge in [0.2, 0.25) is 5.91 Å². The highest BCUT2D eigenvalue weighted by Gasteiger charge is 2.41. The molecule has 33 heavy (non-hydrogen) atoms. The summed E-state index contributed by atoms with van der Waals surface area (Å²) in [5.41, 5.74) is 1.44. The van der Waals surface area contributed by atoms with Crippen LogP contribution in [0.25, 0.3) is 0 Å². The van der Waals surface area contributed by atoms with Gasteiger partial charge in [0, 0.05) is 30.9 Å². The van der Waals surface area contributed by atoms with Crippen LogP contribution < -0.4 is 9.64 Å². The molecule has 0 aromatic heterocycles. The highest BCUT2D eigenvalue weighted by molar-refractivity contribution is 5.98. The number of para-hydroxylation sites is 2. The number of hydrogen-bond donors (Lipinski definition) is 0. The van der Waals surface area contributed by atoms with Gasteiger partial charge in [-0.25, -0.2) is 0 Å². The monoisotopic (exact) mass is 442 g/mol. The molecule has 6 nitrogen and oxygen atoms in total. The summed E-state index contributed by atoms with van der Waals surface area (Å²) in [6, 6.07) is 26.3. The molecule has 2 aliphatic heterocycles. The van der Waals surface area contributed by atoms with Gasteiger partial charge in [-0.15, -0.1) is 0 Å². The van der Waals surface area contributed by atoms with Crippen molar-refractivity contribution in [1.29, 1.82) is 0 Å². The summed E-state index contributed by atoms with van der Waals surface area (Å²) in [5.74, 6) is 0.984. The minimum atomic E-state index is -0.369. The molecule has 3 aromatic carbocycles. The summed E-state index contributed by atoms with van der Waals surface area (Å²) in [4.78, 5) is 30.2.